The van der Waals surface area contributed by atoms with Crippen LogP contribution in [0.15, 0.2) is 6.07 Å². The Morgan fingerprint density at radius 1 is 1.65 bits per heavy atom. The average molecular weight is 278 g/mol. The van der Waals surface area contributed by atoms with Crippen molar-refractivity contribution in [1.29, 1.82) is 0 Å². The number of hydrogen-bond acceptors (Lipinski definition) is 4. The maximum Gasteiger partial charge on any atom is 0.246 e. The summed E-state index contributed by atoms with van der Waals surface area (Å²) in [5.41, 5.74) is 6.21. The van der Waals surface area contributed by atoms with E-state index in [1.807, 2.05) is 26.8 Å². The van der Waals surface area contributed by atoms with E-state index in [1.165, 1.54) is 0 Å². The summed E-state index contributed by atoms with van der Waals surface area (Å²) in [6.07, 6.45) is 1.78. The van der Waals surface area contributed by atoms with Crippen LogP contribution in [-0.2, 0) is 16.0 Å². The zero-order chi connectivity index (χ0) is 14.5. The fourth-order valence-corrected chi connectivity index (χ4v) is 3.67. The van der Waals surface area contributed by atoms with Gasteiger partial charge in [-0.25, -0.2) is 0 Å². The van der Waals surface area contributed by atoms with Crippen molar-refractivity contribution in [3.05, 3.63) is 11.8 Å². The standard InChI is InChI=1S/C14H22N4O2/c1-4-8-7-10(18-17-8)16-12(19)14(15)9-5-6-20-11(9)13(14,2)3/h7,9,11H,4-6,15H2,1-3H3,(H2,16,17,18,19). The smallest absolute Gasteiger partial charge is 0.246 e. The van der Waals surface area contributed by atoms with Crippen molar-refractivity contribution in [3.63, 3.8) is 0 Å². The fourth-order valence-electron chi connectivity index (χ4n) is 3.67. The van der Waals surface area contributed by atoms with E-state index in [4.69, 9.17) is 10.5 Å². The van der Waals surface area contributed by atoms with Crippen molar-refractivity contribution in [1.82, 2.24) is 10.2 Å². The second-order valence-electron chi connectivity index (χ2n) is 6.36. The number of nitrogens with two attached hydrogens (primary N) is 1. The van der Waals surface area contributed by atoms with Crippen molar-refractivity contribution in [2.24, 2.45) is 17.1 Å². The highest BCUT2D eigenvalue weighted by molar-refractivity contribution is 5.99. The minimum absolute atomic E-state index is 0.0867. The van der Waals surface area contributed by atoms with Gasteiger partial charge in [0.05, 0.1) is 6.10 Å². The predicted molar refractivity (Wildman–Crippen MR) is 75.1 cm³/mol. The molecule has 0 radical (unpaired) electrons. The zero-order valence-electron chi connectivity index (χ0n) is 12.2. The monoisotopic (exact) mass is 278 g/mol. The number of rotatable bonds is 3. The number of carbonyl (C=O) groups excluding carboxylic acids is 1. The molecule has 110 valence electrons. The highest BCUT2D eigenvalue weighted by atomic mass is 16.5. The number of aromatic nitrogens is 2. The number of hydrogen-bond donors (Lipinski definition) is 3. The Balaban J connectivity index is 1.79. The van der Waals surface area contributed by atoms with E-state index in [2.05, 4.69) is 15.5 Å². The summed E-state index contributed by atoms with van der Waals surface area (Å²) in [7, 11) is 0. The van der Waals surface area contributed by atoms with Crippen LogP contribution >= 0.6 is 0 Å². The first-order valence-corrected chi connectivity index (χ1v) is 7.17. The second kappa shape index (κ2) is 4.30. The lowest BCUT2D eigenvalue weighted by Gasteiger charge is -2.60. The second-order valence-corrected chi connectivity index (χ2v) is 6.36. The van der Waals surface area contributed by atoms with Crippen molar-refractivity contribution in [2.75, 3.05) is 11.9 Å². The van der Waals surface area contributed by atoms with Gasteiger partial charge in [-0.2, -0.15) is 5.10 Å². The maximum atomic E-state index is 12.6. The molecule has 1 aliphatic heterocycles. The van der Waals surface area contributed by atoms with Gasteiger partial charge in [0, 0.05) is 29.7 Å². The van der Waals surface area contributed by atoms with E-state index in [0.717, 1.165) is 18.5 Å². The fraction of sp³-hybridized carbons (Fsp3) is 0.714. The molecule has 0 bridgehead atoms. The molecular weight excluding hydrogens is 256 g/mol. The minimum Gasteiger partial charge on any atom is -0.377 e. The maximum absolute atomic E-state index is 12.6. The average Bonchev–Trinajstić information content (AvgIpc) is 3.05. The SMILES string of the molecule is CCc1cc(NC(=O)C2(N)C3CCOC3C2(C)C)n[nH]1. The van der Waals surface area contributed by atoms with Gasteiger partial charge >= 0.3 is 0 Å². The minimum atomic E-state index is -0.889. The first-order valence-electron chi connectivity index (χ1n) is 7.17. The third-order valence-electron chi connectivity index (χ3n) is 5.08. The summed E-state index contributed by atoms with van der Waals surface area (Å²) in [5.74, 6) is 0.473. The molecule has 1 aliphatic carbocycles. The number of fused-ring (bicyclic) bond motifs is 1. The van der Waals surface area contributed by atoms with Crippen molar-refractivity contribution >= 4 is 11.7 Å². The Bertz CT molecular complexity index is 539. The van der Waals surface area contributed by atoms with Crippen molar-refractivity contribution in [2.45, 2.75) is 45.3 Å². The lowest BCUT2D eigenvalue weighted by Crippen LogP contribution is -2.79. The molecule has 3 unspecified atom stereocenters. The van der Waals surface area contributed by atoms with Crippen LogP contribution in [-0.4, -0.2) is 34.4 Å². The number of amides is 1. The molecule has 1 saturated carbocycles. The molecule has 3 atom stereocenters. The molecule has 6 nitrogen and oxygen atoms in total. The summed E-state index contributed by atoms with van der Waals surface area (Å²) in [5, 5.41) is 9.82. The normalized spacial score (nSPS) is 34.4. The Morgan fingerprint density at radius 3 is 3.05 bits per heavy atom. The molecule has 2 heterocycles. The molecule has 1 aromatic heterocycles. The zero-order valence-corrected chi connectivity index (χ0v) is 12.2. The van der Waals surface area contributed by atoms with Crippen LogP contribution in [0.25, 0.3) is 0 Å². The molecule has 20 heavy (non-hydrogen) atoms. The van der Waals surface area contributed by atoms with E-state index in [0.29, 0.717) is 12.4 Å². The van der Waals surface area contributed by atoms with E-state index in [1.54, 1.807) is 0 Å². The van der Waals surface area contributed by atoms with Gasteiger partial charge in [0.2, 0.25) is 5.91 Å². The third kappa shape index (κ3) is 1.58. The molecule has 1 aromatic rings. The van der Waals surface area contributed by atoms with Gasteiger partial charge in [0.1, 0.15) is 5.54 Å². The van der Waals surface area contributed by atoms with Crippen LogP contribution < -0.4 is 11.1 Å². The first-order chi connectivity index (χ1) is 9.41. The summed E-state index contributed by atoms with van der Waals surface area (Å²) < 4.78 is 5.70. The van der Waals surface area contributed by atoms with Gasteiger partial charge in [-0.1, -0.05) is 20.8 Å². The van der Waals surface area contributed by atoms with Gasteiger partial charge < -0.3 is 15.8 Å². The molecule has 0 spiro atoms. The largest absolute Gasteiger partial charge is 0.377 e. The van der Waals surface area contributed by atoms with Gasteiger partial charge in [0.25, 0.3) is 0 Å². The number of ether oxygens (including phenoxy) is 1. The van der Waals surface area contributed by atoms with E-state index in [-0.39, 0.29) is 23.3 Å². The highest BCUT2D eigenvalue weighted by Crippen LogP contribution is 2.58. The van der Waals surface area contributed by atoms with Gasteiger partial charge in [-0.3, -0.25) is 9.89 Å². The molecule has 1 amide bonds. The number of nitrogens with zero attached hydrogens (tertiary/aromatic N) is 1. The molecule has 3 rings (SSSR count). The van der Waals surface area contributed by atoms with Crippen LogP contribution in [0.1, 0.15) is 32.9 Å². The molecule has 0 aromatic carbocycles. The number of H-pyrrole nitrogens is 1. The molecule has 1 saturated heterocycles. The summed E-state index contributed by atoms with van der Waals surface area (Å²) >= 11 is 0. The van der Waals surface area contributed by atoms with Crippen LogP contribution in [0.2, 0.25) is 0 Å². The summed E-state index contributed by atoms with van der Waals surface area (Å²) in [6.45, 7) is 6.72. The highest BCUT2D eigenvalue weighted by Gasteiger charge is 2.71. The molecule has 2 aliphatic rings. The Hall–Kier alpha value is -1.40. The van der Waals surface area contributed by atoms with Crippen LogP contribution in [0.4, 0.5) is 5.82 Å². The number of carbonyl (C=O) groups is 1. The van der Waals surface area contributed by atoms with Crippen LogP contribution in [0.5, 0.6) is 0 Å². The third-order valence-corrected chi connectivity index (χ3v) is 5.08. The summed E-state index contributed by atoms with van der Waals surface area (Å²) in [6, 6.07) is 1.84. The van der Waals surface area contributed by atoms with Crippen molar-refractivity contribution in [3.8, 4) is 0 Å². The Morgan fingerprint density at radius 2 is 2.40 bits per heavy atom. The van der Waals surface area contributed by atoms with Crippen LogP contribution in [0.3, 0.4) is 0 Å². The number of aromatic amines is 1. The molecular formula is C14H22N4O2. The van der Waals surface area contributed by atoms with Gasteiger partial charge in [-0.05, 0) is 12.8 Å². The predicted octanol–water partition coefficient (Wildman–Crippen LogP) is 1.05. The van der Waals surface area contributed by atoms with Gasteiger partial charge in [-0.15, -0.1) is 0 Å². The lowest BCUT2D eigenvalue weighted by molar-refractivity contribution is -0.170. The van der Waals surface area contributed by atoms with Crippen molar-refractivity contribution < 1.29 is 9.53 Å². The topological polar surface area (TPSA) is 93.0 Å². The van der Waals surface area contributed by atoms with E-state index < -0.39 is 5.54 Å². The lowest BCUT2D eigenvalue weighted by atomic mass is 9.48. The Labute approximate surface area is 118 Å². The summed E-state index contributed by atoms with van der Waals surface area (Å²) in [4.78, 5) is 12.6. The number of anilines is 1. The molecule has 6 heteroatoms. The molecule has 4 N–H and O–H groups in total. The Kier molecular flexibility index (Phi) is 2.92. The number of nitrogens with one attached hydrogen (secondary N) is 2. The number of aryl methyl sites for hydroxylation is 1. The van der Waals surface area contributed by atoms with Crippen LogP contribution in [0, 0.1) is 11.3 Å². The van der Waals surface area contributed by atoms with E-state index >= 15 is 0 Å². The molecule has 2 fully saturated rings. The first kappa shape index (κ1) is 13.6. The quantitative estimate of drug-likeness (QED) is 0.770. The van der Waals surface area contributed by atoms with E-state index in [9.17, 15) is 4.79 Å². The van der Waals surface area contributed by atoms with Gasteiger partial charge in [0.15, 0.2) is 5.82 Å².